The van der Waals surface area contributed by atoms with E-state index in [0.29, 0.717) is 11.1 Å². The van der Waals surface area contributed by atoms with Gasteiger partial charge in [0.2, 0.25) is 5.91 Å². The zero-order chi connectivity index (χ0) is 26.3. The lowest BCUT2D eigenvalue weighted by Crippen LogP contribution is -2.54. The van der Waals surface area contributed by atoms with Crippen LogP contribution in [-0.2, 0) is 14.4 Å². The van der Waals surface area contributed by atoms with Gasteiger partial charge in [-0.1, -0.05) is 30.3 Å². The zero-order valence-electron chi connectivity index (χ0n) is 19.9. The summed E-state index contributed by atoms with van der Waals surface area (Å²) in [5.74, 6) is -1.16. The molecule has 1 aliphatic heterocycles. The molecule has 36 heavy (non-hydrogen) atoms. The van der Waals surface area contributed by atoms with E-state index in [1.807, 2.05) is 51.1 Å². The maximum atomic E-state index is 13.9. The van der Waals surface area contributed by atoms with Gasteiger partial charge in [0.15, 0.2) is 5.78 Å². The van der Waals surface area contributed by atoms with Crippen LogP contribution in [0.15, 0.2) is 83.4 Å². The van der Waals surface area contributed by atoms with Gasteiger partial charge in [0.1, 0.15) is 11.6 Å². The van der Waals surface area contributed by atoms with Crippen molar-refractivity contribution >= 4 is 44.8 Å². The smallest absolute Gasteiger partial charge is 0.269 e. The largest absolute Gasteiger partial charge is 0.349 e. The van der Waals surface area contributed by atoms with Gasteiger partial charge in [-0.15, -0.1) is 0 Å². The molecule has 2 aromatic rings. The van der Waals surface area contributed by atoms with Gasteiger partial charge in [0, 0.05) is 23.2 Å². The van der Waals surface area contributed by atoms with Crippen molar-refractivity contribution in [2.24, 2.45) is 0 Å². The second kappa shape index (κ2) is 9.31. The Balaban J connectivity index is 1.94. The van der Waals surface area contributed by atoms with E-state index in [0.717, 1.165) is 5.56 Å². The molecule has 0 saturated carbocycles. The van der Waals surface area contributed by atoms with Crippen molar-refractivity contribution in [2.45, 2.75) is 37.9 Å². The first-order valence-electron chi connectivity index (χ1n) is 11.2. The molecule has 0 aromatic heterocycles. The standard InChI is InChI=1S/C27H24BrN3O5/c1-26(2,3)29-24(33)23(18-9-11-19(12-10-18)31(35)36)30-25(34)22(28)21(17-7-5-4-6-8-17)27(30)15-13-20(32)14-16-27/h4-16,23H,1-3H3,(H,29,33). The average Bonchev–Trinajstić information content (AvgIpc) is 3.02. The summed E-state index contributed by atoms with van der Waals surface area (Å²) in [6.45, 7) is 5.46. The number of ketones is 1. The highest BCUT2D eigenvalue weighted by molar-refractivity contribution is 9.12. The lowest BCUT2D eigenvalue weighted by Gasteiger charge is -2.42. The highest BCUT2D eigenvalue weighted by atomic mass is 79.9. The number of nitrogens with zero attached hydrogens (tertiary/aromatic N) is 2. The fraction of sp³-hybridized carbons (Fsp3) is 0.222. The van der Waals surface area contributed by atoms with E-state index in [2.05, 4.69) is 21.2 Å². The van der Waals surface area contributed by atoms with Crippen LogP contribution in [0, 0.1) is 10.1 Å². The van der Waals surface area contributed by atoms with Crippen molar-refractivity contribution in [3.63, 3.8) is 0 Å². The number of nitro benzene ring substituents is 1. The molecule has 1 unspecified atom stereocenters. The molecule has 0 radical (unpaired) electrons. The van der Waals surface area contributed by atoms with Gasteiger partial charge in [0.25, 0.3) is 11.6 Å². The van der Waals surface area contributed by atoms with Crippen molar-refractivity contribution in [1.82, 2.24) is 10.2 Å². The minimum atomic E-state index is -1.26. The minimum absolute atomic E-state index is 0.136. The van der Waals surface area contributed by atoms with Gasteiger partial charge in [-0.25, -0.2) is 0 Å². The van der Waals surface area contributed by atoms with Crippen LogP contribution < -0.4 is 5.32 Å². The number of halogens is 1. The summed E-state index contributed by atoms with van der Waals surface area (Å²) in [5.41, 5.74) is -0.293. The molecule has 0 bridgehead atoms. The Morgan fingerprint density at radius 3 is 2.14 bits per heavy atom. The van der Waals surface area contributed by atoms with Gasteiger partial charge in [0.05, 0.1) is 9.41 Å². The number of carbonyl (C=O) groups excluding carboxylic acids is 3. The molecular weight excluding hydrogens is 526 g/mol. The average molecular weight is 550 g/mol. The van der Waals surface area contributed by atoms with Crippen molar-refractivity contribution in [3.8, 4) is 0 Å². The number of allylic oxidation sites excluding steroid dienone is 2. The number of hydrogen-bond donors (Lipinski definition) is 1. The monoisotopic (exact) mass is 549 g/mol. The van der Waals surface area contributed by atoms with E-state index in [4.69, 9.17) is 0 Å². The summed E-state index contributed by atoms with van der Waals surface area (Å²) in [7, 11) is 0. The second-order valence-corrected chi connectivity index (χ2v) is 10.4. The number of rotatable bonds is 5. The van der Waals surface area contributed by atoms with Gasteiger partial charge in [-0.2, -0.15) is 0 Å². The van der Waals surface area contributed by atoms with Crippen molar-refractivity contribution in [1.29, 1.82) is 0 Å². The Morgan fingerprint density at radius 2 is 1.61 bits per heavy atom. The van der Waals surface area contributed by atoms with Crippen LogP contribution in [0.25, 0.3) is 5.57 Å². The fourth-order valence-electron chi connectivity index (χ4n) is 4.46. The van der Waals surface area contributed by atoms with E-state index in [9.17, 15) is 24.5 Å². The van der Waals surface area contributed by atoms with Gasteiger partial charge < -0.3 is 10.2 Å². The summed E-state index contributed by atoms with van der Waals surface area (Å²) in [6, 6.07) is 13.6. The number of non-ortho nitro benzene ring substituents is 1. The van der Waals surface area contributed by atoms with E-state index in [1.54, 1.807) is 12.2 Å². The summed E-state index contributed by atoms with van der Waals surface area (Å²) in [4.78, 5) is 51.9. The topological polar surface area (TPSA) is 110 Å². The fourth-order valence-corrected chi connectivity index (χ4v) is 5.20. The molecule has 0 saturated heterocycles. The van der Waals surface area contributed by atoms with Crippen LogP contribution in [0.3, 0.4) is 0 Å². The number of benzene rings is 2. The lowest BCUT2D eigenvalue weighted by atomic mass is 9.81. The van der Waals surface area contributed by atoms with E-state index in [-0.39, 0.29) is 16.0 Å². The maximum Gasteiger partial charge on any atom is 0.269 e. The normalized spacial score (nSPS) is 17.6. The Morgan fingerprint density at radius 1 is 1.03 bits per heavy atom. The summed E-state index contributed by atoms with van der Waals surface area (Å²) < 4.78 is 0.257. The summed E-state index contributed by atoms with van der Waals surface area (Å²) >= 11 is 3.47. The van der Waals surface area contributed by atoms with Crippen LogP contribution in [-0.4, -0.2) is 38.5 Å². The molecule has 1 spiro atoms. The third-order valence-corrected chi connectivity index (χ3v) is 6.65. The molecule has 9 heteroatoms. The Bertz CT molecular complexity index is 1320. The highest BCUT2D eigenvalue weighted by Gasteiger charge is 2.54. The molecule has 0 fully saturated rings. The first-order chi connectivity index (χ1) is 16.9. The maximum absolute atomic E-state index is 13.9. The molecule has 1 aliphatic carbocycles. The third kappa shape index (κ3) is 4.54. The SMILES string of the molecule is CC(C)(C)NC(=O)C(c1ccc([N+](=O)[O-])cc1)N1C(=O)C(Br)=C(c2ccccc2)C12C=CC(=O)C=C2. The summed E-state index contributed by atoms with van der Waals surface area (Å²) in [6.07, 6.45) is 5.99. The van der Waals surface area contributed by atoms with E-state index in [1.165, 1.54) is 41.3 Å². The number of amides is 2. The first kappa shape index (κ1) is 25.2. The number of carbonyl (C=O) groups is 3. The number of nitro groups is 1. The molecule has 1 atom stereocenters. The quantitative estimate of drug-likeness (QED) is 0.431. The van der Waals surface area contributed by atoms with Crippen molar-refractivity contribution in [2.75, 3.05) is 0 Å². The molecule has 184 valence electrons. The van der Waals surface area contributed by atoms with Crippen LogP contribution in [0.2, 0.25) is 0 Å². The Kier molecular flexibility index (Phi) is 6.53. The predicted molar refractivity (Wildman–Crippen MR) is 139 cm³/mol. The minimum Gasteiger partial charge on any atom is -0.349 e. The molecular formula is C27H24BrN3O5. The van der Waals surface area contributed by atoms with Crippen LogP contribution >= 0.6 is 15.9 Å². The predicted octanol–water partition coefficient (Wildman–Crippen LogP) is 4.63. The molecule has 8 nitrogen and oxygen atoms in total. The molecule has 1 N–H and O–H groups in total. The number of hydrogen-bond acceptors (Lipinski definition) is 5. The lowest BCUT2D eigenvalue weighted by molar-refractivity contribution is -0.384. The third-order valence-electron chi connectivity index (χ3n) is 5.92. The van der Waals surface area contributed by atoms with Crippen LogP contribution in [0.4, 0.5) is 5.69 Å². The Hall–Kier alpha value is -3.85. The van der Waals surface area contributed by atoms with Gasteiger partial charge in [-0.3, -0.25) is 24.5 Å². The zero-order valence-corrected chi connectivity index (χ0v) is 21.5. The molecule has 2 amide bonds. The van der Waals surface area contributed by atoms with Gasteiger partial charge in [-0.05, 0) is 84.3 Å². The molecule has 1 heterocycles. The van der Waals surface area contributed by atoms with Crippen molar-refractivity contribution in [3.05, 3.63) is 105 Å². The summed E-state index contributed by atoms with van der Waals surface area (Å²) in [5, 5.41) is 14.2. The van der Waals surface area contributed by atoms with Crippen molar-refractivity contribution < 1.29 is 19.3 Å². The van der Waals surface area contributed by atoms with E-state index < -0.39 is 33.9 Å². The Labute approximate surface area is 216 Å². The number of nitrogens with one attached hydrogen (secondary N) is 1. The second-order valence-electron chi connectivity index (χ2n) is 9.61. The molecule has 2 aliphatic rings. The van der Waals surface area contributed by atoms with Crippen LogP contribution in [0.5, 0.6) is 0 Å². The van der Waals surface area contributed by atoms with Gasteiger partial charge >= 0.3 is 0 Å². The first-order valence-corrected chi connectivity index (χ1v) is 12.0. The highest BCUT2D eigenvalue weighted by Crippen LogP contribution is 2.50. The van der Waals surface area contributed by atoms with Crippen LogP contribution in [0.1, 0.15) is 37.9 Å². The van der Waals surface area contributed by atoms with E-state index >= 15 is 0 Å². The molecule has 2 aromatic carbocycles. The molecule has 4 rings (SSSR count).